The number of fused-ring (bicyclic) bond motifs is 1. The van der Waals surface area contributed by atoms with Gasteiger partial charge in [-0.3, -0.25) is 5.01 Å². The van der Waals surface area contributed by atoms with Crippen molar-refractivity contribution in [3.63, 3.8) is 0 Å². The number of rotatable bonds is 3. The molecular formula is C24H23N5. The Balaban J connectivity index is 1.77. The summed E-state index contributed by atoms with van der Waals surface area (Å²) in [7, 11) is 2.04. The highest BCUT2D eigenvalue weighted by molar-refractivity contribution is 6.07. The Morgan fingerprint density at radius 3 is 2.31 bits per heavy atom. The van der Waals surface area contributed by atoms with Gasteiger partial charge in [0.2, 0.25) is 0 Å². The third-order valence-electron chi connectivity index (χ3n) is 5.88. The van der Waals surface area contributed by atoms with Crippen molar-refractivity contribution in [2.24, 2.45) is 5.10 Å². The molecule has 2 atom stereocenters. The molecule has 0 fully saturated rings. The number of hydrazone groups is 1. The molecule has 0 unspecified atom stereocenters. The van der Waals surface area contributed by atoms with Crippen LogP contribution in [0.3, 0.4) is 0 Å². The zero-order valence-corrected chi connectivity index (χ0v) is 16.8. The Morgan fingerprint density at radius 2 is 1.55 bits per heavy atom. The molecular weight excluding hydrogens is 358 g/mol. The van der Waals surface area contributed by atoms with Crippen LogP contribution in [0.25, 0.3) is 11.0 Å². The fourth-order valence-electron chi connectivity index (χ4n) is 4.47. The van der Waals surface area contributed by atoms with Crippen LogP contribution in [0.2, 0.25) is 0 Å². The molecule has 0 saturated heterocycles. The summed E-state index contributed by atoms with van der Waals surface area (Å²) in [5.41, 5.74) is 5.89. The standard InChI is InChI=1S/C24H23N5/c1-17-13-15-19(16-14-17)23-24(2,29-21-12-8-7-11-20(21)25-27-29)22(26-28(23)3)18-9-5-4-6-10-18/h4-16,23H,1-3H3/t23-,24-/m1/s1. The average Bonchev–Trinajstić information content (AvgIpc) is 3.29. The number of likely N-dealkylation sites (N-methyl/N-ethyl adjacent to an activating group) is 1. The molecule has 1 aliphatic rings. The quantitative estimate of drug-likeness (QED) is 0.523. The Morgan fingerprint density at radius 1 is 0.862 bits per heavy atom. The molecule has 5 rings (SSSR count). The Hall–Kier alpha value is -3.47. The van der Waals surface area contributed by atoms with Gasteiger partial charge < -0.3 is 0 Å². The molecule has 29 heavy (non-hydrogen) atoms. The molecule has 2 heterocycles. The van der Waals surface area contributed by atoms with Crippen LogP contribution in [0, 0.1) is 6.92 Å². The van der Waals surface area contributed by atoms with Gasteiger partial charge in [0.05, 0.1) is 11.2 Å². The molecule has 0 saturated carbocycles. The van der Waals surface area contributed by atoms with Crippen molar-refractivity contribution >= 4 is 16.7 Å². The smallest absolute Gasteiger partial charge is 0.132 e. The molecule has 0 bridgehead atoms. The van der Waals surface area contributed by atoms with Crippen molar-refractivity contribution < 1.29 is 0 Å². The van der Waals surface area contributed by atoms with Crippen LogP contribution in [0.5, 0.6) is 0 Å². The number of hydrogen-bond acceptors (Lipinski definition) is 4. The summed E-state index contributed by atoms with van der Waals surface area (Å²) in [4.78, 5) is 0. The molecule has 1 aromatic heterocycles. The van der Waals surface area contributed by atoms with E-state index in [-0.39, 0.29) is 6.04 Å². The molecule has 0 radical (unpaired) electrons. The van der Waals surface area contributed by atoms with Crippen LogP contribution < -0.4 is 0 Å². The van der Waals surface area contributed by atoms with Crippen molar-refractivity contribution in [3.8, 4) is 0 Å². The monoisotopic (exact) mass is 381 g/mol. The van der Waals surface area contributed by atoms with Crippen LogP contribution >= 0.6 is 0 Å². The molecule has 3 aromatic carbocycles. The van der Waals surface area contributed by atoms with Crippen LogP contribution in [0.15, 0.2) is 84.0 Å². The number of hydrogen-bond donors (Lipinski definition) is 0. The van der Waals surface area contributed by atoms with E-state index in [1.165, 1.54) is 11.1 Å². The maximum atomic E-state index is 5.02. The second-order valence-corrected chi connectivity index (χ2v) is 7.84. The van der Waals surface area contributed by atoms with Gasteiger partial charge in [-0.15, -0.1) is 5.10 Å². The molecule has 1 aliphatic heterocycles. The summed E-state index contributed by atoms with van der Waals surface area (Å²) in [6.07, 6.45) is 0. The minimum absolute atomic E-state index is 0.0107. The Bertz CT molecular complexity index is 1190. The normalized spacial score (nSPS) is 21.6. The summed E-state index contributed by atoms with van der Waals surface area (Å²) < 4.78 is 2.04. The van der Waals surface area contributed by atoms with Crippen molar-refractivity contribution in [2.75, 3.05) is 7.05 Å². The summed E-state index contributed by atoms with van der Waals surface area (Å²) in [6, 6.07) is 27.2. The summed E-state index contributed by atoms with van der Waals surface area (Å²) >= 11 is 0. The largest absolute Gasteiger partial charge is 0.289 e. The van der Waals surface area contributed by atoms with Crippen LogP contribution in [-0.4, -0.2) is 32.8 Å². The number of para-hydroxylation sites is 1. The second kappa shape index (κ2) is 6.55. The fraction of sp³-hybridized carbons (Fsp3) is 0.208. The van der Waals surface area contributed by atoms with Crippen molar-refractivity contribution in [1.82, 2.24) is 20.0 Å². The highest BCUT2D eigenvalue weighted by Crippen LogP contribution is 2.45. The molecule has 0 spiro atoms. The van der Waals surface area contributed by atoms with Gasteiger partial charge >= 0.3 is 0 Å². The van der Waals surface area contributed by atoms with E-state index in [0.29, 0.717) is 0 Å². The lowest BCUT2D eigenvalue weighted by Crippen LogP contribution is -2.44. The van der Waals surface area contributed by atoms with E-state index in [0.717, 1.165) is 22.3 Å². The van der Waals surface area contributed by atoms with Crippen LogP contribution in [0.4, 0.5) is 0 Å². The molecule has 0 aliphatic carbocycles. The lowest BCUT2D eigenvalue weighted by molar-refractivity contribution is 0.184. The molecule has 0 amide bonds. The third-order valence-corrected chi connectivity index (χ3v) is 5.88. The lowest BCUT2D eigenvalue weighted by atomic mass is 9.81. The number of aromatic nitrogens is 3. The highest BCUT2D eigenvalue weighted by atomic mass is 15.6. The van der Waals surface area contributed by atoms with E-state index in [9.17, 15) is 0 Å². The van der Waals surface area contributed by atoms with Crippen LogP contribution in [0.1, 0.15) is 29.7 Å². The van der Waals surface area contributed by atoms with E-state index < -0.39 is 5.54 Å². The second-order valence-electron chi connectivity index (χ2n) is 7.84. The predicted octanol–water partition coefficient (Wildman–Crippen LogP) is 4.55. The average molecular weight is 381 g/mol. The minimum Gasteiger partial charge on any atom is -0.289 e. The van der Waals surface area contributed by atoms with E-state index >= 15 is 0 Å². The summed E-state index contributed by atoms with van der Waals surface area (Å²) in [6.45, 7) is 4.33. The fourth-order valence-corrected chi connectivity index (χ4v) is 4.47. The van der Waals surface area contributed by atoms with E-state index in [1.54, 1.807) is 0 Å². The molecule has 0 N–H and O–H groups in total. The first-order valence-corrected chi connectivity index (χ1v) is 9.84. The Kier molecular flexibility index (Phi) is 3.98. The van der Waals surface area contributed by atoms with Gasteiger partial charge in [-0.1, -0.05) is 77.5 Å². The van der Waals surface area contributed by atoms with Crippen molar-refractivity contribution in [3.05, 3.63) is 95.6 Å². The van der Waals surface area contributed by atoms with Gasteiger partial charge in [0.15, 0.2) is 0 Å². The topological polar surface area (TPSA) is 46.3 Å². The maximum absolute atomic E-state index is 5.02. The summed E-state index contributed by atoms with van der Waals surface area (Å²) in [5.74, 6) is 0. The maximum Gasteiger partial charge on any atom is 0.132 e. The van der Waals surface area contributed by atoms with Crippen molar-refractivity contribution in [2.45, 2.75) is 25.4 Å². The van der Waals surface area contributed by atoms with Gasteiger partial charge in [-0.05, 0) is 31.5 Å². The molecule has 5 heteroatoms. The molecule has 144 valence electrons. The van der Waals surface area contributed by atoms with Gasteiger partial charge in [-0.25, -0.2) is 4.68 Å². The number of aryl methyl sites for hydroxylation is 1. The highest BCUT2D eigenvalue weighted by Gasteiger charge is 2.50. The van der Waals surface area contributed by atoms with Crippen LogP contribution in [-0.2, 0) is 5.54 Å². The SMILES string of the molecule is Cc1ccc([C@H]2N(C)N=C(c3ccccc3)[C@@]2(C)n2nnc3ccccc32)cc1. The van der Waals surface area contributed by atoms with Gasteiger partial charge in [0.25, 0.3) is 0 Å². The zero-order valence-electron chi connectivity index (χ0n) is 16.8. The van der Waals surface area contributed by atoms with E-state index in [2.05, 4.69) is 83.8 Å². The third kappa shape index (κ3) is 2.65. The first kappa shape index (κ1) is 17.6. The number of benzene rings is 3. The minimum atomic E-state index is -0.526. The first-order valence-electron chi connectivity index (χ1n) is 9.84. The molecule has 5 nitrogen and oxygen atoms in total. The molecule has 4 aromatic rings. The number of nitrogens with zero attached hydrogens (tertiary/aromatic N) is 5. The van der Waals surface area contributed by atoms with Crippen molar-refractivity contribution in [1.29, 1.82) is 0 Å². The lowest BCUT2D eigenvalue weighted by Gasteiger charge is -2.35. The van der Waals surface area contributed by atoms with E-state index in [1.807, 2.05) is 36.0 Å². The van der Waals surface area contributed by atoms with Gasteiger partial charge in [0, 0.05) is 12.6 Å². The first-order chi connectivity index (χ1) is 14.1. The van der Waals surface area contributed by atoms with Gasteiger partial charge in [-0.2, -0.15) is 5.10 Å². The Labute approximate surface area is 170 Å². The summed E-state index contributed by atoms with van der Waals surface area (Å²) in [5, 5.41) is 16.1. The zero-order chi connectivity index (χ0) is 20.0. The predicted molar refractivity (Wildman–Crippen MR) is 116 cm³/mol. The van der Waals surface area contributed by atoms with Gasteiger partial charge in [0.1, 0.15) is 17.1 Å². The van der Waals surface area contributed by atoms with E-state index in [4.69, 9.17) is 5.10 Å².